The van der Waals surface area contributed by atoms with E-state index in [1.807, 2.05) is 0 Å². The fourth-order valence-electron chi connectivity index (χ4n) is 7.49. The summed E-state index contributed by atoms with van der Waals surface area (Å²) in [6.45, 7) is 9.68. The Labute approximate surface area is 296 Å². The molecule has 12 nitrogen and oxygen atoms in total. The Bertz CT molecular complexity index is 1550. The zero-order valence-electron chi connectivity index (χ0n) is 29.7. The second-order valence-corrected chi connectivity index (χ2v) is 17.4. The fraction of sp³-hybridized carbons (Fsp3) is 0.676. The van der Waals surface area contributed by atoms with Gasteiger partial charge in [0.2, 0.25) is 21.8 Å². The van der Waals surface area contributed by atoms with Gasteiger partial charge < -0.3 is 20.1 Å². The Morgan fingerprint density at radius 2 is 1.68 bits per heavy atom. The number of aryl methyl sites for hydroxylation is 2. The monoisotopic (exact) mass is 714 g/mol. The molecule has 4 amide bonds. The lowest BCUT2D eigenvalue weighted by atomic mass is 9.83. The van der Waals surface area contributed by atoms with Gasteiger partial charge >= 0.3 is 6.09 Å². The topological polar surface area (TPSA) is 165 Å². The molecule has 3 fully saturated rings. The van der Waals surface area contributed by atoms with Crippen molar-refractivity contribution in [2.75, 3.05) is 19.8 Å². The molecule has 13 heteroatoms. The number of hydrogen-bond donors (Lipinski definition) is 2. The lowest BCUT2D eigenvalue weighted by Crippen LogP contribution is -2.66. The minimum atomic E-state index is -3.99. The second kappa shape index (κ2) is 15.4. The standard InChI is InChI=1S/C37H54N4O8S/c1-5-27-23-37(27,34(44)39-50(46,47)29-17-18-29)41-31(36(2,3)4)33(43)40-24-28(22-30(40)32(38)42)48-20-12-16-26-15-11-14-25(21-26)13-9-7-6-8-10-19-49-35(41)45/h5,11,14-15,21,27-31H,1,6-10,12-13,16-20,22-24H2,2-4H3,(H2,38,42)(H,39,44)/t27-,28-,30+,31-,37-/m1/s1. The summed E-state index contributed by atoms with van der Waals surface area (Å²) in [7, 11) is -3.99. The van der Waals surface area contributed by atoms with Gasteiger partial charge in [0.25, 0.3) is 5.91 Å². The van der Waals surface area contributed by atoms with Gasteiger partial charge in [-0.3, -0.25) is 24.0 Å². The van der Waals surface area contributed by atoms with E-state index < -0.39 is 74.1 Å². The highest BCUT2D eigenvalue weighted by atomic mass is 32.2. The number of nitrogens with two attached hydrogens (primary N) is 1. The number of carbonyl (C=O) groups excluding carboxylic acids is 4. The van der Waals surface area contributed by atoms with Crippen molar-refractivity contribution < 1.29 is 37.1 Å². The average molecular weight is 715 g/mol. The molecule has 1 saturated heterocycles. The summed E-state index contributed by atoms with van der Waals surface area (Å²) >= 11 is 0. The number of amides is 4. The van der Waals surface area contributed by atoms with Crippen LogP contribution in [0.1, 0.15) is 96.1 Å². The fourth-order valence-corrected chi connectivity index (χ4v) is 8.85. The predicted octanol–water partition coefficient (Wildman–Crippen LogP) is 4.00. The van der Waals surface area contributed by atoms with Gasteiger partial charge in [-0.15, -0.1) is 6.58 Å². The molecule has 276 valence electrons. The van der Waals surface area contributed by atoms with E-state index in [0.717, 1.165) is 49.8 Å². The number of rotatable bonds is 6. The summed E-state index contributed by atoms with van der Waals surface area (Å²) < 4.78 is 40.2. The van der Waals surface area contributed by atoms with Gasteiger partial charge in [-0.2, -0.15) is 0 Å². The van der Waals surface area contributed by atoms with Gasteiger partial charge in [0.05, 0.1) is 18.0 Å². The van der Waals surface area contributed by atoms with Crippen molar-refractivity contribution in [1.82, 2.24) is 14.5 Å². The minimum Gasteiger partial charge on any atom is -0.449 e. The number of benzene rings is 1. The molecule has 4 aliphatic rings. The van der Waals surface area contributed by atoms with Gasteiger partial charge in [-0.05, 0) is 67.9 Å². The third kappa shape index (κ3) is 8.53. The second-order valence-electron chi connectivity index (χ2n) is 15.5. The van der Waals surface area contributed by atoms with Crippen LogP contribution in [0.2, 0.25) is 0 Å². The number of fused-ring (bicyclic) bond motifs is 4. The van der Waals surface area contributed by atoms with Crippen LogP contribution in [0.3, 0.4) is 0 Å². The summed E-state index contributed by atoms with van der Waals surface area (Å²) in [5.41, 5.74) is 5.65. The normalized spacial score (nSPS) is 29.3. The molecule has 2 aliphatic carbocycles. The molecule has 2 heterocycles. The number of carbonyl (C=O) groups is 4. The van der Waals surface area contributed by atoms with E-state index in [9.17, 15) is 27.6 Å². The highest BCUT2D eigenvalue weighted by Crippen LogP contribution is 2.53. The maximum absolute atomic E-state index is 14.8. The molecule has 50 heavy (non-hydrogen) atoms. The molecule has 0 spiro atoms. The van der Waals surface area contributed by atoms with E-state index in [1.165, 1.54) is 22.1 Å². The Morgan fingerprint density at radius 3 is 2.30 bits per heavy atom. The number of ether oxygens (including phenoxy) is 2. The van der Waals surface area contributed by atoms with Crippen LogP contribution in [0, 0.1) is 11.3 Å². The number of sulfonamides is 1. The molecular formula is C37H54N4O8S. The predicted molar refractivity (Wildman–Crippen MR) is 188 cm³/mol. The van der Waals surface area contributed by atoms with Crippen molar-refractivity contribution in [2.24, 2.45) is 17.1 Å². The van der Waals surface area contributed by atoms with Crippen molar-refractivity contribution in [3.05, 3.63) is 48.0 Å². The molecule has 1 aromatic rings. The first-order valence-electron chi connectivity index (χ1n) is 18.1. The first-order chi connectivity index (χ1) is 23.7. The van der Waals surface area contributed by atoms with E-state index in [2.05, 4.69) is 35.6 Å². The maximum atomic E-state index is 14.8. The van der Waals surface area contributed by atoms with Crippen molar-refractivity contribution in [3.8, 4) is 0 Å². The molecular weight excluding hydrogens is 660 g/mol. The Balaban J connectivity index is 1.48. The van der Waals surface area contributed by atoms with Crippen molar-refractivity contribution in [2.45, 2.75) is 127 Å². The average Bonchev–Trinajstić information content (AvgIpc) is 3.98. The maximum Gasteiger partial charge on any atom is 0.411 e. The SMILES string of the molecule is C=C[C@@H]1C[C@@]1(C(=O)NS(=O)(=O)C1CC1)N1C(=O)OCCCCCCCc2cccc(c2)CCCO[C@@H]2C[C@@H](C(N)=O)N(C2)C(=O)[C@@H]1C(C)(C)C. The Morgan fingerprint density at radius 1 is 1.02 bits per heavy atom. The zero-order chi connectivity index (χ0) is 36.3. The molecule has 0 radical (unpaired) electrons. The molecule has 5 rings (SSSR count). The summed E-state index contributed by atoms with van der Waals surface area (Å²) in [6, 6.07) is 6.28. The van der Waals surface area contributed by atoms with Crippen LogP contribution in [-0.4, -0.2) is 90.8 Å². The van der Waals surface area contributed by atoms with Crippen LogP contribution in [0.25, 0.3) is 0 Å². The molecule has 1 aromatic carbocycles. The van der Waals surface area contributed by atoms with Crippen molar-refractivity contribution in [1.29, 1.82) is 0 Å². The highest BCUT2D eigenvalue weighted by Gasteiger charge is 2.69. The Hall–Kier alpha value is -3.45. The van der Waals surface area contributed by atoms with Gasteiger partial charge in [-0.25, -0.2) is 13.2 Å². The smallest absolute Gasteiger partial charge is 0.411 e. The first-order valence-corrected chi connectivity index (χ1v) is 19.7. The van der Waals surface area contributed by atoms with Crippen LogP contribution in [0.15, 0.2) is 36.9 Å². The van der Waals surface area contributed by atoms with Gasteiger partial charge in [0.1, 0.15) is 17.6 Å². The van der Waals surface area contributed by atoms with E-state index in [-0.39, 0.29) is 26.0 Å². The van der Waals surface area contributed by atoms with E-state index >= 15 is 0 Å². The van der Waals surface area contributed by atoms with Crippen LogP contribution >= 0.6 is 0 Å². The first kappa shape index (κ1) is 37.8. The lowest BCUT2D eigenvalue weighted by molar-refractivity contribution is -0.148. The number of nitrogens with zero attached hydrogens (tertiary/aromatic N) is 2. The van der Waals surface area contributed by atoms with Gasteiger partial charge in [-0.1, -0.05) is 70.4 Å². The summed E-state index contributed by atoms with van der Waals surface area (Å²) in [5.74, 6) is -2.82. The molecule has 2 aliphatic heterocycles. The number of hydrogen-bond acceptors (Lipinski definition) is 8. The third-order valence-electron chi connectivity index (χ3n) is 10.5. The van der Waals surface area contributed by atoms with Crippen LogP contribution in [0.5, 0.6) is 0 Å². The summed E-state index contributed by atoms with van der Waals surface area (Å²) in [4.78, 5) is 58.5. The molecule has 0 unspecified atom stereocenters. The number of cyclic esters (lactones) is 1. The van der Waals surface area contributed by atoms with Crippen LogP contribution in [0.4, 0.5) is 4.79 Å². The van der Waals surface area contributed by atoms with E-state index in [1.54, 1.807) is 20.8 Å². The highest BCUT2D eigenvalue weighted by molar-refractivity contribution is 7.91. The molecule has 3 N–H and O–H groups in total. The summed E-state index contributed by atoms with van der Waals surface area (Å²) in [6.07, 6.45) is 8.26. The van der Waals surface area contributed by atoms with Crippen LogP contribution in [-0.2, 0) is 46.7 Å². The molecule has 4 bridgehead atoms. The minimum absolute atomic E-state index is 0.0583. The van der Waals surface area contributed by atoms with Crippen molar-refractivity contribution in [3.63, 3.8) is 0 Å². The lowest BCUT2D eigenvalue weighted by Gasteiger charge is -2.44. The van der Waals surface area contributed by atoms with Crippen molar-refractivity contribution >= 4 is 33.8 Å². The molecule has 2 saturated carbocycles. The Kier molecular flexibility index (Phi) is 11.7. The van der Waals surface area contributed by atoms with Gasteiger partial charge in [0, 0.05) is 25.5 Å². The number of nitrogens with one attached hydrogen (secondary N) is 1. The van der Waals surface area contributed by atoms with Crippen LogP contribution < -0.4 is 10.5 Å². The van der Waals surface area contributed by atoms with E-state index in [4.69, 9.17) is 15.2 Å². The van der Waals surface area contributed by atoms with E-state index in [0.29, 0.717) is 25.9 Å². The van der Waals surface area contributed by atoms with Gasteiger partial charge in [0.15, 0.2) is 0 Å². The molecule has 0 aromatic heterocycles. The largest absolute Gasteiger partial charge is 0.449 e. The number of primary amides is 1. The third-order valence-corrected chi connectivity index (χ3v) is 12.3. The summed E-state index contributed by atoms with van der Waals surface area (Å²) in [5, 5.41) is -0.679. The molecule has 5 atom stereocenters. The quantitative estimate of drug-likeness (QED) is 0.418. The zero-order valence-corrected chi connectivity index (χ0v) is 30.5.